The molecule has 0 fully saturated rings. The molecule has 0 saturated heterocycles. The molecule has 2 nitrogen and oxygen atoms in total. The maximum absolute atomic E-state index is 6.86. The molecule has 0 amide bonds. The maximum atomic E-state index is 6.86. The van der Waals surface area contributed by atoms with E-state index in [1.54, 1.807) is 6.20 Å². The van der Waals surface area contributed by atoms with Gasteiger partial charge in [0.05, 0.1) is 6.31 Å². The van der Waals surface area contributed by atoms with Crippen LogP contribution in [0.1, 0.15) is 1.37 Å². The Morgan fingerprint density at radius 1 is 2.00 bits per heavy atom. The van der Waals surface area contributed by atoms with Crippen LogP contribution in [0, 0.1) is 0 Å². The van der Waals surface area contributed by atoms with Crippen molar-refractivity contribution in [3.05, 3.63) is 12.3 Å². The topological polar surface area (TPSA) is 24.4 Å². The van der Waals surface area contributed by atoms with E-state index in [2.05, 4.69) is 10.3 Å². The van der Waals surface area contributed by atoms with Crippen LogP contribution in [-0.2, 0) is 0 Å². The Morgan fingerprint density at radius 2 is 3.00 bits per heavy atom. The number of nitrogens with one attached hydrogen (secondary N) is 1. The lowest BCUT2D eigenvalue weighted by molar-refractivity contribution is 1.04. The van der Waals surface area contributed by atoms with Crippen molar-refractivity contribution < 1.29 is 1.37 Å². The highest BCUT2D eigenvalue weighted by molar-refractivity contribution is 5.56. The first-order valence-electron chi connectivity index (χ1n) is 2.33. The van der Waals surface area contributed by atoms with Gasteiger partial charge in [-0.3, -0.25) is 0 Å². The minimum Gasteiger partial charge on any atom is -0.373 e. The first-order chi connectivity index (χ1) is 3.39. The molecule has 0 spiro atoms. The predicted molar refractivity (Wildman–Crippen MR) is 25.6 cm³/mol. The standard InChI is InChI=1S/C4H6N2/c1-2-5-4-6-3-1/h1-2,4H,3H2,(H,5,6)/i4D. The van der Waals surface area contributed by atoms with E-state index >= 15 is 0 Å². The van der Waals surface area contributed by atoms with Gasteiger partial charge < -0.3 is 5.32 Å². The second kappa shape index (κ2) is 1.60. The minimum absolute atomic E-state index is 0.252. The van der Waals surface area contributed by atoms with E-state index in [1.807, 2.05) is 6.08 Å². The molecule has 1 N–H and O–H groups in total. The van der Waals surface area contributed by atoms with Crippen LogP contribution in [0.15, 0.2) is 17.3 Å². The second-order valence-corrected chi connectivity index (χ2v) is 1.01. The number of hydrogen-bond acceptors (Lipinski definition) is 2. The van der Waals surface area contributed by atoms with Crippen LogP contribution in [-0.4, -0.2) is 12.9 Å². The average molecular weight is 83.1 g/mol. The Bertz CT molecular complexity index is 117. The lowest BCUT2D eigenvalue weighted by Gasteiger charge is -1.93. The monoisotopic (exact) mass is 83.1 g/mol. The van der Waals surface area contributed by atoms with E-state index in [4.69, 9.17) is 1.37 Å². The van der Waals surface area contributed by atoms with Gasteiger partial charge in [0.15, 0.2) is 0 Å². The molecule has 2 heteroatoms. The van der Waals surface area contributed by atoms with Gasteiger partial charge in [-0.2, -0.15) is 0 Å². The molecule has 6 heavy (non-hydrogen) atoms. The van der Waals surface area contributed by atoms with Crippen molar-refractivity contribution in [2.45, 2.75) is 0 Å². The van der Waals surface area contributed by atoms with E-state index in [1.165, 1.54) is 0 Å². The highest BCUT2D eigenvalue weighted by atomic mass is 14.9. The van der Waals surface area contributed by atoms with Gasteiger partial charge in [-0.25, -0.2) is 4.99 Å². The molecule has 0 radical (unpaired) electrons. The van der Waals surface area contributed by atoms with Gasteiger partial charge in [-0.1, -0.05) is 0 Å². The summed E-state index contributed by atoms with van der Waals surface area (Å²) in [5.74, 6) is 0. The van der Waals surface area contributed by atoms with Crippen LogP contribution in [0.3, 0.4) is 0 Å². The summed E-state index contributed by atoms with van der Waals surface area (Å²) in [5.41, 5.74) is 0. The predicted octanol–water partition coefficient (Wildman–Crippen LogP) is 0.132. The van der Waals surface area contributed by atoms with Crippen LogP contribution in [0.2, 0.25) is 0 Å². The van der Waals surface area contributed by atoms with Gasteiger partial charge in [0.25, 0.3) is 0 Å². The van der Waals surface area contributed by atoms with Crippen molar-refractivity contribution in [3.63, 3.8) is 0 Å². The molecule has 0 bridgehead atoms. The normalized spacial score (nSPS) is 21.3. The zero-order valence-electron chi connectivity index (χ0n) is 4.31. The van der Waals surface area contributed by atoms with Crippen LogP contribution < -0.4 is 5.32 Å². The maximum Gasteiger partial charge on any atom is 0.104 e. The van der Waals surface area contributed by atoms with Crippen LogP contribution in [0.4, 0.5) is 0 Å². The van der Waals surface area contributed by atoms with Crippen molar-refractivity contribution in [3.8, 4) is 0 Å². The SMILES string of the molecule is [2H]C1=NC=CCN1. The summed E-state index contributed by atoms with van der Waals surface area (Å²) >= 11 is 0. The van der Waals surface area contributed by atoms with Crippen molar-refractivity contribution >= 4 is 6.31 Å². The summed E-state index contributed by atoms with van der Waals surface area (Å²) in [4.78, 5) is 3.62. The molecule has 1 rings (SSSR count). The lowest BCUT2D eigenvalue weighted by Crippen LogP contribution is -2.11. The summed E-state index contributed by atoms with van der Waals surface area (Å²) in [6.45, 7) is 0.738. The molecule has 0 aromatic heterocycles. The van der Waals surface area contributed by atoms with Gasteiger partial charge >= 0.3 is 0 Å². The van der Waals surface area contributed by atoms with E-state index in [-0.39, 0.29) is 6.31 Å². The summed E-state index contributed by atoms with van der Waals surface area (Å²) < 4.78 is 6.86. The van der Waals surface area contributed by atoms with E-state index in [0.717, 1.165) is 6.54 Å². The molecule has 32 valence electrons. The summed E-state index contributed by atoms with van der Waals surface area (Å²) in [6.07, 6.45) is 3.74. The summed E-state index contributed by atoms with van der Waals surface area (Å²) in [6, 6.07) is 0. The Kier molecular flexibility index (Phi) is 0.638. The van der Waals surface area contributed by atoms with Crippen molar-refractivity contribution in [1.82, 2.24) is 5.32 Å². The van der Waals surface area contributed by atoms with Gasteiger partial charge in [-0.05, 0) is 6.08 Å². The zero-order valence-corrected chi connectivity index (χ0v) is 3.31. The van der Waals surface area contributed by atoms with Gasteiger partial charge in [0.1, 0.15) is 1.37 Å². The Balaban J connectivity index is 2.57. The highest BCUT2D eigenvalue weighted by Gasteiger charge is 1.74. The third-order valence-electron chi connectivity index (χ3n) is 0.543. The lowest BCUT2D eigenvalue weighted by atomic mass is 10.6. The first-order valence-corrected chi connectivity index (χ1v) is 1.83. The zero-order chi connectivity index (χ0) is 5.11. The Labute approximate surface area is 38.0 Å². The van der Waals surface area contributed by atoms with E-state index in [9.17, 15) is 0 Å². The quantitative estimate of drug-likeness (QED) is 0.442. The molecule has 0 aromatic rings. The number of amidine groups is 1. The molecule has 0 aromatic carbocycles. The molecule has 1 heterocycles. The molecule has 1 aliphatic heterocycles. The third-order valence-corrected chi connectivity index (χ3v) is 0.543. The molecule has 0 atom stereocenters. The van der Waals surface area contributed by atoms with Gasteiger partial charge in [0, 0.05) is 12.7 Å². The largest absolute Gasteiger partial charge is 0.373 e. The van der Waals surface area contributed by atoms with Gasteiger partial charge in [-0.15, -0.1) is 0 Å². The molecule has 0 aliphatic carbocycles. The second-order valence-electron chi connectivity index (χ2n) is 1.01. The summed E-state index contributed by atoms with van der Waals surface area (Å²) in [5, 5.41) is 2.71. The minimum atomic E-state index is 0.252. The van der Waals surface area contributed by atoms with Gasteiger partial charge in [0.2, 0.25) is 0 Å². The van der Waals surface area contributed by atoms with Crippen molar-refractivity contribution in [2.24, 2.45) is 4.99 Å². The van der Waals surface area contributed by atoms with Crippen LogP contribution in [0.5, 0.6) is 0 Å². The number of nitrogens with zero attached hydrogens (tertiary/aromatic N) is 1. The van der Waals surface area contributed by atoms with Crippen LogP contribution in [0.25, 0.3) is 0 Å². The average Bonchev–Trinajstić information content (AvgIpc) is 1.69. The fourth-order valence-corrected chi connectivity index (χ4v) is 0.293. The van der Waals surface area contributed by atoms with E-state index < -0.39 is 0 Å². The smallest absolute Gasteiger partial charge is 0.104 e. The fraction of sp³-hybridized carbons (Fsp3) is 0.250. The molecule has 0 unspecified atom stereocenters. The number of rotatable bonds is 0. The first kappa shape index (κ1) is 2.39. The van der Waals surface area contributed by atoms with Crippen molar-refractivity contribution in [2.75, 3.05) is 6.54 Å². The fourth-order valence-electron chi connectivity index (χ4n) is 0.293. The Morgan fingerprint density at radius 3 is 3.33 bits per heavy atom. The molecular weight excluding hydrogens is 76.1 g/mol. The molecular formula is C4H6N2. The Hall–Kier alpha value is -0.790. The number of aliphatic imine (C=N–C) groups is 1. The van der Waals surface area contributed by atoms with Crippen molar-refractivity contribution in [1.29, 1.82) is 0 Å². The van der Waals surface area contributed by atoms with Crippen LogP contribution >= 0.6 is 0 Å². The highest BCUT2D eigenvalue weighted by Crippen LogP contribution is 1.74. The van der Waals surface area contributed by atoms with E-state index in [0.29, 0.717) is 0 Å². The number of hydrogen-bond donors (Lipinski definition) is 1. The molecule has 0 saturated carbocycles. The molecule has 1 aliphatic rings. The summed E-state index contributed by atoms with van der Waals surface area (Å²) in [7, 11) is 0. The third kappa shape index (κ3) is 0.578.